The lowest BCUT2D eigenvalue weighted by Gasteiger charge is -2.25. The highest BCUT2D eigenvalue weighted by Gasteiger charge is 2.30. The molecule has 3 aromatic rings. The van der Waals surface area contributed by atoms with Crippen LogP contribution >= 0.6 is 0 Å². The van der Waals surface area contributed by atoms with Gasteiger partial charge in [0.05, 0.1) is 12.2 Å². The molecule has 8 heteroatoms. The number of nitrogens with zero attached hydrogens (tertiary/aromatic N) is 2. The SMILES string of the molecule is CNC(=O)CN(Cc1cc(C)c(OC(C)(C)C(=O)O)c(C)c1)Cc1nc(-c2ccc(C)cc2)oc1C. The Morgan fingerprint density at radius 1 is 1.06 bits per heavy atom. The lowest BCUT2D eigenvalue weighted by Crippen LogP contribution is -2.38. The maximum absolute atomic E-state index is 12.3. The third-order valence-electron chi connectivity index (χ3n) is 6.01. The minimum atomic E-state index is -1.35. The summed E-state index contributed by atoms with van der Waals surface area (Å²) in [7, 11) is 1.61. The number of oxazole rings is 1. The van der Waals surface area contributed by atoms with Crippen LogP contribution in [0.15, 0.2) is 40.8 Å². The van der Waals surface area contributed by atoms with Crippen molar-refractivity contribution >= 4 is 11.9 Å². The van der Waals surface area contributed by atoms with E-state index in [2.05, 4.69) is 5.32 Å². The number of aliphatic carboxylic acids is 1. The number of carboxylic acids is 1. The normalized spacial score (nSPS) is 11.6. The van der Waals surface area contributed by atoms with E-state index in [4.69, 9.17) is 14.1 Å². The average molecular weight is 494 g/mol. The molecule has 0 atom stereocenters. The highest BCUT2D eigenvalue weighted by Crippen LogP contribution is 2.30. The zero-order valence-electron chi connectivity index (χ0n) is 22.1. The molecule has 0 bridgehead atoms. The number of rotatable bonds is 10. The van der Waals surface area contributed by atoms with E-state index in [9.17, 15) is 14.7 Å². The highest BCUT2D eigenvalue weighted by atomic mass is 16.5. The molecule has 2 N–H and O–H groups in total. The Hall–Kier alpha value is -3.65. The van der Waals surface area contributed by atoms with Crippen LogP contribution in [0.5, 0.6) is 5.75 Å². The van der Waals surface area contributed by atoms with Gasteiger partial charge in [0.25, 0.3) is 0 Å². The molecule has 1 amide bonds. The average Bonchev–Trinajstić information content (AvgIpc) is 3.16. The van der Waals surface area contributed by atoms with Crippen LogP contribution in [0.25, 0.3) is 11.5 Å². The fourth-order valence-corrected chi connectivity index (χ4v) is 3.91. The van der Waals surface area contributed by atoms with Gasteiger partial charge < -0.3 is 19.6 Å². The number of likely N-dealkylation sites (N-methyl/N-ethyl adjacent to an activating group) is 1. The van der Waals surface area contributed by atoms with Crippen LogP contribution in [0, 0.1) is 27.7 Å². The summed E-state index contributed by atoms with van der Waals surface area (Å²) in [5, 5.41) is 12.1. The molecule has 0 radical (unpaired) electrons. The first-order chi connectivity index (χ1) is 16.9. The summed E-state index contributed by atoms with van der Waals surface area (Å²) in [5.74, 6) is 0.678. The topological polar surface area (TPSA) is 105 Å². The maximum atomic E-state index is 12.3. The predicted octanol–water partition coefficient (Wildman–Crippen LogP) is 4.57. The van der Waals surface area contributed by atoms with Gasteiger partial charge >= 0.3 is 5.97 Å². The molecule has 1 aromatic heterocycles. The van der Waals surface area contributed by atoms with Crippen LogP contribution < -0.4 is 10.1 Å². The summed E-state index contributed by atoms with van der Waals surface area (Å²) in [6.07, 6.45) is 0. The second-order valence-electron chi connectivity index (χ2n) is 9.68. The number of carbonyl (C=O) groups is 2. The van der Waals surface area contributed by atoms with Gasteiger partial charge in [0, 0.05) is 25.7 Å². The zero-order valence-corrected chi connectivity index (χ0v) is 22.1. The van der Waals surface area contributed by atoms with E-state index in [1.807, 2.05) is 69.0 Å². The van der Waals surface area contributed by atoms with Crippen molar-refractivity contribution in [3.05, 3.63) is 70.1 Å². The van der Waals surface area contributed by atoms with Crippen molar-refractivity contribution in [1.29, 1.82) is 0 Å². The number of benzene rings is 2. The number of nitrogens with one attached hydrogen (secondary N) is 1. The van der Waals surface area contributed by atoms with E-state index < -0.39 is 11.6 Å². The lowest BCUT2D eigenvalue weighted by atomic mass is 10.0. The van der Waals surface area contributed by atoms with Crippen LogP contribution in [-0.4, -0.2) is 46.1 Å². The molecule has 0 aliphatic heterocycles. The van der Waals surface area contributed by atoms with E-state index in [1.165, 1.54) is 13.8 Å². The number of aryl methyl sites for hydroxylation is 4. The predicted molar refractivity (Wildman–Crippen MR) is 138 cm³/mol. The first kappa shape index (κ1) is 26.9. The maximum Gasteiger partial charge on any atom is 0.347 e. The van der Waals surface area contributed by atoms with E-state index in [0.29, 0.717) is 30.5 Å². The molecule has 0 fully saturated rings. The minimum Gasteiger partial charge on any atom is -0.478 e. The van der Waals surface area contributed by atoms with Gasteiger partial charge in [0.1, 0.15) is 11.5 Å². The van der Waals surface area contributed by atoms with Gasteiger partial charge in [0.15, 0.2) is 5.60 Å². The molecule has 2 aromatic carbocycles. The number of hydrogen-bond donors (Lipinski definition) is 2. The number of carbonyl (C=O) groups excluding carboxylic acids is 1. The van der Waals surface area contributed by atoms with Crippen LogP contribution in [0.4, 0.5) is 0 Å². The van der Waals surface area contributed by atoms with Gasteiger partial charge in [-0.15, -0.1) is 0 Å². The summed E-state index contributed by atoms with van der Waals surface area (Å²) >= 11 is 0. The van der Waals surface area contributed by atoms with Crippen molar-refractivity contribution in [2.24, 2.45) is 0 Å². The highest BCUT2D eigenvalue weighted by molar-refractivity contribution is 5.77. The van der Waals surface area contributed by atoms with Gasteiger partial charge in [-0.05, 0) is 70.4 Å². The van der Waals surface area contributed by atoms with E-state index >= 15 is 0 Å². The fourth-order valence-electron chi connectivity index (χ4n) is 3.91. The molecule has 0 saturated heterocycles. The molecule has 0 spiro atoms. The Balaban J connectivity index is 1.85. The molecule has 1 heterocycles. The third-order valence-corrected chi connectivity index (χ3v) is 6.01. The second-order valence-corrected chi connectivity index (χ2v) is 9.68. The molecule has 36 heavy (non-hydrogen) atoms. The van der Waals surface area contributed by atoms with Gasteiger partial charge in [-0.2, -0.15) is 0 Å². The molecule has 192 valence electrons. The van der Waals surface area contributed by atoms with Crippen LogP contribution in [-0.2, 0) is 22.7 Å². The smallest absolute Gasteiger partial charge is 0.347 e. The largest absolute Gasteiger partial charge is 0.478 e. The van der Waals surface area contributed by atoms with Crippen molar-refractivity contribution < 1.29 is 23.8 Å². The Kier molecular flexibility index (Phi) is 8.20. The Labute approximate surface area is 212 Å². The summed E-state index contributed by atoms with van der Waals surface area (Å²) in [6.45, 7) is 11.8. The van der Waals surface area contributed by atoms with Crippen LogP contribution in [0.3, 0.4) is 0 Å². The van der Waals surface area contributed by atoms with E-state index in [-0.39, 0.29) is 12.5 Å². The first-order valence-corrected chi connectivity index (χ1v) is 11.9. The number of ether oxygens (including phenoxy) is 1. The molecule has 0 unspecified atom stereocenters. The van der Waals surface area contributed by atoms with Gasteiger partial charge in [-0.1, -0.05) is 29.8 Å². The van der Waals surface area contributed by atoms with E-state index in [0.717, 1.165) is 33.5 Å². The summed E-state index contributed by atoms with van der Waals surface area (Å²) in [5.41, 5.74) is 4.13. The molecular weight excluding hydrogens is 458 g/mol. The van der Waals surface area contributed by atoms with Gasteiger partial charge in [0.2, 0.25) is 11.8 Å². The second kappa shape index (κ2) is 11.0. The van der Waals surface area contributed by atoms with E-state index in [1.54, 1.807) is 7.05 Å². The van der Waals surface area contributed by atoms with Crippen molar-refractivity contribution in [2.75, 3.05) is 13.6 Å². The third kappa shape index (κ3) is 6.51. The van der Waals surface area contributed by atoms with Crippen molar-refractivity contribution in [1.82, 2.24) is 15.2 Å². The molecule has 0 aliphatic carbocycles. The van der Waals surface area contributed by atoms with Crippen molar-refractivity contribution in [3.8, 4) is 17.2 Å². The minimum absolute atomic E-state index is 0.105. The van der Waals surface area contributed by atoms with Crippen molar-refractivity contribution in [2.45, 2.75) is 60.2 Å². The molecule has 8 nitrogen and oxygen atoms in total. The molecule has 0 aliphatic rings. The summed E-state index contributed by atoms with van der Waals surface area (Å²) < 4.78 is 11.8. The Morgan fingerprint density at radius 3 is 2.22 bits per heavy atom. The van der Waals surface area contributed by atoms with Crippen molar-refractivity contribution in [3.63, 3.8) is 0 Å². The number of amides is 1. The number of hydrogen-bond acceptors (Lipinski definition) is 6. The summed E-state index contributed by atoms with van der Waals surface area (Å²) in [4.78, 5) is 30.5. The quantitative estimate of drug-likeness (QED) is 0.426. The first-order valence-electron chi connectivity index (χ1n) is 11.9. The number of carboxylic acid groups (broad SMARTS) is 1. The molecule has 3 rings (SSSR count). The van der Waals surface area contributed by atoms with Gasteiger partial charge in [-0.3, -0.25) is 9.69 Å². The molecule has 0 saturated carbocycles. The number of aromatic nitrogens is 1. The van der Waals surface area contributed by atoms with Crippen LogP contribution in [0.1, 0.15) is 47.6 Å². The zero-order chi connectivity index (χ0) is 26.6. The Morgan fingerprint density at radius 2 is 1.67 bits per heavy atom. The lowest BCUT2D eigenvalue weighted by molar-refractivity contribution is -0.152. The fraction of sp³-hybridized carbons (Fsp3) is 0.393. The Bertz CT molecular complexity index is 1220. The molecular formula is C28H35N3O5. The van der Waals surface area contributed by atoms with Gasteiger partial charge in [-0.25, -0.2) is 9.78 Å². The van der Waals surface area contributed by atoms with Crippen LogP contribution in [0.2, 0.25) is 0 Å². The standard InChI is InChI=1S/C28H35N3O5/c1-17-8-10-22(11-9-17)26-30-23(20(4)35-26)15-31(16-24(32)29-7)14-21-12-18(2)25(19(3)13-21)36-28(5,6)27(33)34/h8-13H,14-16H2,1-7H3,(H,29,32)(H,33,34). The monoisotopic (exact) mass is 493 g/mol. The summed E-state index contributed by atoms with van der Waals surface area (Å²) in [6, 6.07) is 11.9.